The van der Waals surface area contributed by atoms with Crippen molar-refractivity contribution in [3.8, 4) is 0 Å². The van der Waals surface area contributed by atoms with E-state index in [0.717, 1.165) is 16.5 Å². The van der Waals surface area contributed by atoms with Crippen LogP contribution in [0.5, 0.6) is 0 Å². The van der Waals surface area contributed by atoms with Crippen molar-refractivity contribution in [3.05, 3.63) is 34.3 Å². The van der Waals surface area contributed by atoms with E-state index < -0.39 is 5.60 Å². The van der Waals surface area contributed by atoms with Gasteiger partial charge >= 0.3 is 0 Å². The highest BCUT2D eigenvalue weighted by Crippen LogP contribution is 2.21. The first-order valence-corrected chi connectivity index (χ1v) is 6.50. The zero-order valence-corrected chi connectivity index (χ0v) is 11.8. The molecule has 1 unspecified atom stereocenters. The third kappa shape index (κ3) is 4.48. The molecule has 0 radical (unpaired) electrons. The zero-order chi connectivity index (χ0) is 12.9. The summed E-state index contributed by atoms with van der Waals surface area (Å²) in [7, 11) is 0. The van der Waals surface area contributed by atoms with Crippen molar-refractivity contribution in [2.24, 2.45) is 0 Å². The Morgan fingerprint density at radius 3 is 2.53 bits per heavy atom. The number of rotatable bonds is 5. The molecule has 0 spiro atoms. The molecule has 0 aromatic heterocycles. The summed E-state index contributed by atoms with van der Waals surface area (Å²) in [5.74, 6) is -0.0233. The van der Waals surface area contributed by atoms with Crippen LogP contribution < -0.4 is 5.32 Å². The molecule has 0 aliphatic rings. The highest BCUT2D eigenvalue weighted by Gasteiger charge is 2.23. The van der Waals surface area contributed by atoms with Gasteiger partial charge in [0.1, 0.15) is 5.60 Å². The van der Waals surface area contributed by atoms with E-state index in [1.54, 1.807) is 6.92 Å². The highest BCUT2D eigenvalue weighted by molar-refractivity contribution is 9.10. The van der Waals surface area contributed by atoms with Crippen molar-refractivity contribution in [2.75, 3.05) is 6.54 Å². The Hall–Kier alpha value is -0.870. The summed E-state index contributed by atoms with van der Waals surface area (Å²) >= 11 is 3.34. The van der Waals surface area contributed by atoms with Crippen molar-refractivity contribution >= 4 is 21.8 Å². The summed E-state index contributed by atoms with van der Waals surface area (Å²) in [6.45, 7) is 3.88. The van der Waals surface area contributed by atoms with Gasteiger partial charge in [0.15, 0.2) is 0 Å². The molecule has 0 heterocycles. The smallest absolute Gasteiger partial charge is 0.220 e. The Bertz CT molecular complexity index is 374. The second-order valence-corrected chi connectivity index (χ2v) is 5.22. The summed E-state index contributed by atoms with van der Waals surface area (Å²) in [5, 5.41) is 13.0. The molecule has 3 nitrogen and oxygen atoms in total. The predicted octanol–water partition coefficient (Wildman–Crippen LogP) is 2.57. The van der Waals surface area contributed by atoms with Gasteiger partial charge in [-0.05, 0) is 31.0 Å². The van der Waals surface area contributed by atoms with E-state index in [9.17, 15) is 9.90 Å². The monoisotopic (exact) mass is 299 g/mol. The first kappa shape index (κ1) is 14.2. The molecule has 1 atom stereocenters. The van der Waals surface area contributed by atoms with Gasteiger partial charge in [-0.25, -0.2) is 0 Å². The molecule has 0 bridgehead atoms. The van der Waals surface area contributed by atoms with Crippen LogP contribution in [-0.4, -0.2) is 17.6 Å². The number of amides is 1. The van der Waals surface area contributed by atoms with E-state index in [-0.39, 0.29) is 12.5 Å². The summed E-state index contributed by atoms with van der Waals surface area (Å²) in [5.41, 5.74) is -0.248. The van der Waals surface area contributed by atoms with E-state index in [2.05, 4.69) is 21.2 Å². The standard InChI is InChI=1S/C13H18BrNO2/c1-3-4-12(16)15-9-13(2,17)10-5-7-11(14)8-6-10/h5-8,17H,3-4,9H2,1-2H3,(H,15,16). The van der Waals surface area contributed by atoms with Gasteiger partial charge in [0.05, 0.1) is 6.54 Å². The molecule has 1 rings (SSSR count). The summed E-state index contributed by atoms with van der Waals surface area (Å²) in [6.07, 6.45) is 1.31. The maximum atomic E-state index is 11.3. The maximum Gasteiger partial charge on any atom is 0.220 e. The van der Waals surface area contributed by atoms with Crippen LogP contribution in [0.3, 0.4) is 0 Å². The summed E-state index contributed by atoms with van der Waals surface area (Å²) < 4.78 is 0.965. The zero-order valence-electron chi connectivity index (χ0n) is 10.2. The minimum Gasteiger partial charge on any atom is -0.384 e. The van der Waals surface area contributed by atoms with Crippen molar-refractivity contribution in [1.82, 2.24) is 5.32 Å². The molecule has 0 saturated carbocycles. The minimum atomic E-state index is -1.04. The van der Waals surface area contributed by atoms with Crippen molar-refractivity contribution < 1.29 is 9.90 Å². The second kappa shape index (κ2) is 6.17. The lowest BCUT2D eigenvalue weighted by molar-refractivity contribution is -0.122. The van der Waals surface area contributed by atoms with Crippen LogP contribution in [0.1, 0.15) is 32.3 Å². The molecule has 1 aromatic rings. The van der Waals surface area contributed by atoms with Crippen LogP contribution in [0.25, 0.3) is 0 Å². The van der Waals surface area contributed by atoms with Crippen LogP contribution in [0.4, 0.5) is 0 Å². The summed E-state index contributed by atoms with van der Waals surface area (Å²) in [6, 6.07) is 7.43. The lowest BCUT2D eigenvalue weighted by Gasteiger charge is -2.24. The average molecular weight is 300 g/mol. The molecule has 1 amide bonds. The van der Waals surface area contributed by atoms with Crippen LogP contribution in [0.2, 0.25) is 0 Å². The van der Waals surface area contributed by atoms with Gasteiger partial charge in [-0.15, -0.1) is 0 Å². The number of halogens is 1. The van der Waals surface area contributed by atoms with Gasteiger partial charge in [0.25, 0.3) is 0 Å². The lowest BCUT2D eigenvalue weighted by Crippen LogP contribution is -2.38. The third-order valence-electron chi connectivity index (χ3n) is 2.57. The largest absolute Gasteiger partial charge is 0.384 e. The van der Waals surface area contributed by atoms with E-state index in [1.807, 2.05) is 31.2 Å². The number of aliphatic hydroxyl groups is 1. The van der Waals surface area contributed by atoms with E-state index in [0.29, 0.717) is 6.42 Å². The van der Waals surface area contributed by atoms with E-state index in [4.69, 9.17) is 0 Å². The fourth-order valence-corrected chi connectivity index (χ4v) is 1.76. The Kier molecular flexibility index (Phi) is 5.15. The molecular formula is C13H18BrNO2. The van der Waals surface area contributed by atoms with Crippen LogP contribution in [-0.2, 0) is 10.4 Å². The van der Waals surface area contributed by atoms with Gasteiger partial charge < -0.3 is 10.4 Å². The Morgan fingerprint density at radius 1 is 1.41 bits per heavy atom. The minimum absolute atomic E-state index is 0.0233. The van der Waals surface area contributed by atoms with Crippen LogP contribution in [0, 0.1) is 0 Å². The van der Waals surface area contributed by atoms with Gasteiger partial charge in [-0.2, -0.15) is 0 Å². The first-order chi connectivity index (χ1) is 7.95. The van der Waals surface area contributed by atoms with Crippen LogP contribution >= 0.6 is 15.9 Å². The van der Waals surface area contributed by atoms with Crippen molar-refractivity contribution in [3.63, 3.8) is 0 Å². The Morgan fingerprint density at radius 2 is 2.00 bits per heavy atom. The summed E-state index contributed by atoms with van der Waals surface area (Å²) in [4.78, 5) is 11.3. The molecule has 17 heavy (non-hydrogen) atoms. The molecule has 4 heteroatoms. The number of carbonyl (C=O) groups excluding carboxylic acids is 1. The van der Waals surface area contributed by atoms with Gasteiger partial charge in [-0.3, -0.25) is 4.79 Å². The molecular weight excluding hydrogens is 282 g/mol. The fraction of sp³-hybridized carbons (Fsp3) is 0.462. The molecule has 94 valence electrons. The number of hydrogen-bond donors (Lipinski definition) is 2. The first-order valence-electron chi connectivity index (χ1n) is 5.71. The molecule has 0 aliphatic heterocycles. The van der Waals surface area contributed by atoms with Gasteiger partial charge in [0, 0.05) is 10.9 Å². The van der Waals surface area contributed by atoms with E-state index >= 15 is 0 Å². The van der Waals surface area contributed by atoms with Crippen molar-refractivity contribution in [1.29, 1.82) is 0 Å². The number of benzene rings is 1. The normalized spacial score (nSPS) is 14.1. The topological polar surface area (TPSA) is 49.3 Å². The highest BCUT2D eigenvalue weighted by atomic mass is 79.9. The molecule has 0 saturated heterocycles. The fourth-order valence-electron chi connectivity index (χ4n) is 1.50. The second-order valence-electron chi connectivity index (χ2n) is 4.31. The average Bonchev–Trinajstić information content (AvgIpc) is 2.28. The SMILES string of the molecule is CCCC(=O)NCC(C)(O)c1ccc(Br)cc1. The lowest BCUT2D eigenvalue weighted by atomic mass is 9.96. The molecule has 0 fully saturated rings. The number of carbonyl (C=O) groups is 1. The molecule has 1 aromatic carbocycles. The number of hydrogen-bond acceptors (Lipinski definition) is 2. The number of nitrogens with one attached hydrogen (secondary N) is 1. The van der Waals surface area contributed by atoms with Crippen molar-refractivity contribution in [2.45, 2.75) is 32.3 Å². The molecule has 2 N–H and O–H groups in total. The maximum absolute atomic E-state index is 11.3. The van der Waals surface area contributed by atoms with Gasteiger partial charge in [0.2, 0.25) is 5.91 Å². The molecule has 0 aliphatic carbocycles. The Balaban J connectivity index is 2.61. The van der Waals surface area contributed by atoms with Crippen LogP contribution in [0.15, 0.2) is 28.7 Å². The van der Waals surface area contributed by atoms with Gasteiger partial charge in [-0.1, -0.05) is 35.0 Å². The predicted molar refractivity (Wildman–Crippen MR) is 71.6 cm³/mol. The Labute approximate surface area is 110 Å². The van der Waals surface area contributed by atoms with E-state index in [1.165, 1.54) is 0 Å². The quantitative estimate of drug-likeness (QED) is 0.878. The third-order valence-corrected chi connectivity index (χ3v) is 3.10.